The molecule has 2 aromatic rings. The van der Waals surface area contributed by atoms with Crippen LogP contribution in [0, 0.1) is 5.92 Å². The maximum absolute atomic E-state index is 9.35. The minimum atomic E-state index is -0.101. The lowest BCUT2D eigenvalue weighted by Crippen LogP contribution is -2.23. The minimum absolute atomic E-state index is 0.101. The Hall–Kier alpha value is -1.32. The lowest BCUT2D eigenvalue weighted by atomic mass is 9.92. The zero-order valence-corrected chi connectivity index (χ0v) is 10.4. The van der Waals surface area contributed by atoms with Crippen LogP contribution in [-0.2, 0) is 7.05 Å². The third-order valence-corrected chi connectivity index (χ3v) is 3.55. The van der Waals surface area contributed by atoms with Gasteiger partial charge in [0, 0.05) is 42.7 Å². The molecule has 1 aromatic carbocycles. The number of aromatic nitrogens is 1. The maximum Gasteiger partial charge on any atom is 0.0481 e. The quantitative estimate of drug-likeness (QED) is 0.849. The van der Waals surface area contributed by atoms with Crippen molar-refractivity contribution in [3.8, 4) is 0 Å². The monoisotopic (exact) mass is 232 g/mol. The summed E-state index contributed by atoms with van der Waals surface area (Å²) in [5.41, 5.74) is 8.58. The van der Waals surface area contributed by atoms with E-state index in [0.717, 1.165) is 12.0 Å². The number of aliphatic hydroxyl groups excluding tert-OH is 1. The maximum atomic E-state index is 9.35. The SMILES string of the molecule is CCC(CO)C(N)c1cn(C)c2ccccc12. The van der Waals surface area contributed by atoms with Crippen molar-refractivity contribution in [3.63, 3.8) is 0 Å². The van der Waals surface area contributed by atoms with Gasteiger partial charge >= 0.3 is 0 Å². The molecule has 2 rings (SSSR count). The van der Waals surface area contributed by atoms with Gasteiger partial charge in [0.25, 0.3) is 0 Å². The van der Waals surface area contributed by atoms with Crippen molar-refractivity contribution in [1.82, 2.24) is 4.57 Å². The molecule has 3 N–H and O–H groups in total. The Bertz CT molecular complexity index is 500. The molecule has 1 heterocycles. The molecule has 0 amide bonds. The predicted molar refractivity (Wildman–Crippen MR) is 70.7 cm³/mol. The summed E-state index contributed by atoms with van der Waals surface area (Å²) in [6.45, 7) is 2.20. The summed E-state index contributed by atoms with van der Waals surface area (Å²) in [7, 11) is 2.03. The summed E-state index contributed by atoms with van der Waals surface area (Å²) < 4.78 is 2.09. The number of benzene rings is 1. The van der Waals surface area contributed by atoms with E-state index in [-0.39, 0.29) is 18.6 Å². The second-order valence-corrected chi connectivity index (χ2v) is 4.59. The molecule has 0 saturated heterocycles. The Balaban J connectivity index is 2.48. The normalized spacial score (nSPS) is 15.1. The first-order valence-electron chi connectivity index (χ1n) is 6.09. The summed E-state index contributed by atoms with van der Waals surface area (Å²) >= 11 is 0. The van der Waals surface area contributed by atoms with E-state index in [4.69, 9.17) is 5.73 Å². The van der Waals surface area contributed by atoms with Crippen LogP contribution in [0.1, 0.15) is 24.9 Å². The van der Waals surface area contributed by atoms with Crippen molar-refractivity contribution in [2.45, 2.75) is 19.4 Å². The van der Waals surface area contributed by atoms with Crippen LogP contribution in [0.3, 0.4) is 0 Å². The first kappa shape index (κ1) is 12.1. The summed E-state index contributed by atoms with van der Waals surface area (Å²) in [5, 5.41) is 10.5. The van der Waals surface area contributed by atoms with E-state index in [1.165, 1.54) is 10.9 Å². The number of nitrogens with two attached hydrogens (primary N) is 1. The Morgan fingerprint density at radius 2 is 2.06 bits per heavy atom. The van der Waals surface area contributed by atoms with Crippen LogP contribution in [0.15, 0.2) is 30.5 Å². The number of hydrogen-bond acceptors (Lipinski definition) is 2. The summed E-state index contributed by atoms with van der Waals surface area (Å²) in [5.74, 6) is 0.126. The highest BCUT2D eigenvalue weighted by atomic mass is 16.3. The van der Waals surface area contributed by atoms with E-state index in [1.807, 2.05) is 19.2 Å². The van der Waals surface area contributed by atoms with Crippen molar-refractivity contribution >= 4 is 10.9 Å². The van der Waals surface area contributed by atoms with Gasteiger partial charge in [-0.2, -0.15) is 0 Å². The molecule has 92 valence electrons. The fourth-order valence-corrected chi connectivity index (χ4v) is 2.39. The van der Waals surface area contributed by atoms with Crippen LogP contribution in [0.5, 0.6) is 0 Å². The van der Waals surface area contributed by atoms with Crippen molar-refractivity contribution < 1.29 is 5.11 Å². The molecule has 0 aliphatic carbocycles. The Morgan fingerprint density at radius 1 is 1.35 bits per heavy atom. The van der Waals surface area contributed by atoms with E-state index in [1.54, 1.807) is 0 Å². The molecule has 0 bridgehead atoms. The van der Waals surface area contributed by atoms with Gasteiger partial charge < -0.3 is 15.4 Å². The average molecular weight is 232 g/mol. The standard InChI is InChI=1S/C14H20N2O/c1-3-10(9-17)14(15)12-8-16(2)13-7-5-4-6-11(12)13/h4-8,10,14,17H,3,9,15H2,1-2H3. The van der Waals surface area contributed by atoms with Gasteiger partial charge in [-0.25, -0.2) is 0 Å². The van der Waals surface area contributed by atoms with Gasteiger partial charge in [-0.15, -0.1) is 0 Å². The van der Waals surface area contributed by atoms with Crippen molar-refractivity contribution in [1.29, 1.82) is 0 Å². The summed E-state index contributed by atoms with van der Waals surface area (Å²) in [6, 6.07) is 8.13. The van der Waals surface area contributed by atoms with Crippen LogP contribution in [-0.4, -0.2) is 16.3 Å². The number of fused-ring (bicyclic) bond motifs is 1. The third-order valence-electron chi connectivity index (χ3n) is 3.55. The van der Waals surface area contributed by atoms with Crippen LogP contribution in [0.4, 0.5) is 0 Å². The second kappa shape index (κ2) is 4.90. The summed E-state index contributed by atoms with van der Waals surface area (Å²) in [4.78, 5) is 0. The highest BCUT2D eigenvalue weighted by Crippen LogP contribution is 2.29. The summed E-state index contributed by atoms with van der Waals surface area (Å²) in [6.07, 6.45) is 2.97. The smallest absolute Gasteiger partial charge is 0.0481 e. The lowest BCUT2D eigenvalue weighted by molar-refractivity contribution is 0.201. The van der Waals surface area contributed by atoms with Crippen molar-refractivity contribution in [3.05, 3.63) is 36.0 Å². The van der Waals surface area contributed by atoms with Gasteiger partial charge in [-0.1, -0.05) is 25.1 Å². The molecule has 3 nitrogen and oxygen atoms in total. The van der Waals surface area contributed by atoms with Gasteiger partial charge in [0.2, 0.25) is 0 Å². The number of para-hydroxylation sites is 1. The predicted octanol–water partition coefficient (Wildman–Crippen LogP) is 2.20. The molecule has 0 fully saturated rings. The van der Waals surface area contributed by atoms with E-state index in [2.05, 4.69) is 29.8 Å². The van der Waals surface area contributed by atoms with Gasteiger partial charge in [0.1, 0.15) is 0 Å². The Kier molecular flexibility index (Phi) is 3.50. The molecule has 0 spiro atoms. The average Bonchev–Trinajstić information content (AvgIpc) is 2.69. The molecular weight excluding hydrogens is 212 g/mol. The highest BCUT2D eigenvalue weighted by Gasteiger charge is 2.20. The molecule has 0 saturated carbocycles. The number of aliphatic hydroxyl groups is 1. The fourth-order valence-electron chi connectivity index (χ4n) is 2.39. The van der Waals surface area contributed by atoms with Gasteiger partial charge in [-0.05, 0) is 18.1 Å². The number of aryl methyl sites for hydroxylation is 1. The molecule has 0 aliphatic rings. The largest absolute Gasteiger partial charge is 0.396 e. The molecule has 17 heavy (non-hydrogen) atoms. The van der Waals surface area contributed by atoms with Crippen LogP contribution in [0.25, 0.3) is 10.9 Å². The number of nitrogens with zero attached hydrogens (tertiary/aromatic N) is 1. The minimum Gasteiger partial charge on any atom is -0.396 e. The highest BCUT2D eigenvalue weighted by molar-refractivity contribution is 5.84. The van der Waals surface area contributed by atoms with Gasteiger partial charge in [0.15, 0.2) is 0 Å². The molecular formula is C14H20N2O. The third kappa shape index (κ3) is 2.08. The fraction of sp³-hybridized carbons (Fsp3) is 0.429. The lowest BCUT2D eigenvalue weighted by Gasteiger charge is -2.20. The van der Waals surface area contributed by atoms with Gasteiger partial charge in [0.05, 0.1) is 0 Å². The first-order valence-corrected chi connectivity index (χ1v) is 6.09. The van der Waals surface area contributed by atoms with Crippen LogP contribution >= 0.6 is 0 Å². The van der Waals surface area contributed by atoms with E-state index < -0.39 is 0 Å². The van der Waals surface area contributed by atoms with E-state index in [0.29, 0.717) is 0 Å². The zero-order valence-electron chi connectivity index (χ0n) is 10.4. The molecule has 2 unspecified atom stereocenters. The van der Waals surface area contributed by atoms with Gasteiger partial charge in [-0.3, -0.25) is 0 Å². The van der Waals surface area contributed by atoms with E-state index in [9.17, 15) is 5.11 Å². The molecule has 2 atom stereocenters. The zero-order chi connectivity index (χ0) is 12.4. The van der Waals surface area contributed by atoms with E-state index >= 15 is 0 Å². The second-order valence-electron chi connectivity index (χ2n) is 4.59. The molecule has 0 aliphatic heterocycles. The molecule has 1 aromatic heterocycles. The van der Waals surface area contributed by atoms with Crippen LogP contribution < -0.4 is 5.73 Å². The number of hydrogen-bond donors (Lipinski definition) is 2. The van der Waals surface area contributed by atoms with Crippen molar-refractivity contribution in [2.24, 2.45) is 18.7 Å². The van der Waals surface area contributed by atoms with Crippen LogP contribution in [0.2, 0.25) is 0 Å². The molecule has 0 radical (unpaired) electrons. The first-order chi connectivity index (χ1) is 8.19. The number of rotatable bonds is 4. The van der Waals surface area contributed by atoms with Crippen molar-refractivity contribution in [2.75, 3.05) is 6.61 Å². The Morgan fingerprint density at radius 3 is 2.71 bits per heavy atom. The Labute approximate surface area is 102 Å². The topological polar surface area (TPSA) is 51.2 Å². The molecule has 3 heteroatoms.